The van der Waals surface area contributed by atoms with E-state index in [0.717, 1.165) is 31.2 Å². The molecule has 0 aliphatic carbocycles. The molecule has 45 heavy (non-hydrogen) atoms. The zero-order valence-electron chi connectivity index (χ0n) is 24.9. The molecule has 1 saturated heterocycles. The van der Waals surface area contributed by atoms with Gasteiger partial charge < -0.3 is 30.5 Å². The van der Waals surface area contributed by atoms with Gasteiger partial charge in [-0.3, -0.25) is 9.79 Å². The minimum Gasteiger partial charge on any atom is -0.494 e. The van der Waals surface area contributed by atoms with E-state index in [9.17, 15) is 27.9 Å². The van der Waals surface area contributed by atoms with Crippen molar-refractivity contribution in [1.82, 2.24) is 16.0 Å². The number of rotatable bonds is 17. The largest absolute Gasteiger partial charge is 0.494 e. The fourth-order valence-corrected chi connectivity index (χ4v) is 4.61. The van der Waals surface area contributed by atoms with Crippen molar-refractivity contribution in [2.24, 2.45) is 20.9 Å². The molecular weight excluding hydrogens is 593 g/mol. The summed E-state index contributed by atoms with van der Waals surface area (Å²) < 4.78 is 48.7. The first-order valence-electron chi connectivity index (χ1n) is 14.6. The Morgan fingerprint density at radius 1 is 1.04 bits per heavy atom. The van der Waals surface area contributed by atoms with E-state index in [1.165, 1.54) is 0 Å². The predicted octanol–water partition coefficient (Wildman–Crippen LogP) is 4.54. The molecule has 0 saturated carbocycles. The number of aliphatic imine (C=N–C) groups is 3. The zero-order chi connectivity index (χ0) is 32.7. The number of amides is 1. The summed E-state index contributed by atoms with van der Waals surface area (Å²) in [5, 5.41) is 17.5. The minimum absolute atomic E-state index is 0.142. The predicted molar refractivity (Wildman–Crippen MR) is 166 cm³/mol. The summed E-state index contributed by atoms with van der Waals surface area (Å²) in [5.41, 5.74) is 1.55. The number of nitrogens with one attached hydrogen (secondary N) is 3. The van der Waals surface area contributed by atoms with E-state index < -0.39 is 30.6 Å². The average molecular weight is 633 g/mol. The van der Waals surface area contributed by atoms with Crippen LogP contribution < -0.4 is 25.4 Å². The van der Waals surface area contributed by atoms with E-state index in [4.69, 9.17) is 9.47 Å². The highest BCUT2D eigenvalue weighted by atomic mass is 19.4. The summed E-state index contributed by atoms with van der Waals surface area (Å²) in [7, 11) is 0. The second-order valence-corrected chi connectivity index (χ2v) is 10.4. The number of aliphatic carboxylic acids is 1. The van der Waals surface area contributed by atoms with Gasteiger partial charge in [-0.1, -0.05) is 12.1 Å². The van der Waals surface area contributed by atoms with E-state index >= 15 is 0 Å². The Balaban J connectivity index is 1.38. The molecule has 2 aromatic rings. The van der Waals surface area contributed by atoms with Crippen molar-refractivity contribution in [3.63, 3.8) is 0 Å². The second-order valence-electron chi connectivity index (χ2n) is 10.4. The second kappa shape index (κ2) is 17.7. The molecule has 1 fully saturated rings. The first kappa shape index (κ1) is 35.0. The number of nitrogens with zero attached hydrogens (tertiary/aromatic N) is 3. The van der Waals surface area contributed by atoms with E-state index in [1.54, 1.807) is 42.5 Å². The monoisotopic (exact) mass is 632 g/mol. The lowest BCUT2D eigenvalue weighted by atomic mass is 9.98. The molecule has 14 heteroatoms. The summed E-state index contributed by atoms with van der Waals surface area (Å²) >= 11 is 0. The van der Waals surface area contributed by atoms with Gasteiger partial charge in [0.05, 0.1) is 31.0 Å². The molecule has 0 aromatic heterocycles. The van der Waals surface area contributed by atoms with Crippen molar-refractivity contribution < 1.29 is 37.3 Å². The highest BCUT2D eigenvalue weighted by molar-refractivity contribution is 5.99. The summed E-state index contributed by atoms with van der Waals surface area (Å²) in [5.74, 6) is -0.977. The topological polar surface area (TPSA) is 146 Å². The van der Waals surface area contributed by atoms with Crippen molar-refractivity contribution in [2.45, 2.75) is 50.9 Å². The molecule has 11 nitrogen and oxygen atoms in total. The summed E-state index contributed by atoms with van der Waals surface area (Å²) in [6.45, 7) is 7.76. The number of hydrogen-bond acceptors (Lipinski definition) is 7. The van der Waals surface area contributed by atoms with Crippen LogP contribution in [0.1, 0.15) is 48.0 Å². The smallest absolute Gasteiger partial charge is 0.405 e. The first-order valence-corrected chi connectivity index (χ1v) is 14.6. The molecular formula is C31H39F3N6O5. The number of hydrogen-bond donors (Lipinski definition) is 4. The number of carboxylic acids is 1. The van der Waals surface area contributed by atoms with Crippen LogP contribution in [0.15, 0.2) is 57.4 Å². The average Bonchev–Trinajstić information content (AvgIpc) is 3.55. The van der Waals surface area contributed by atoms with Gasteiger partial charge in [-0.05, 0) is 81.9 Å². The molecule has 0 radical (unpaired) electrons. The molecule has 1 aliphatic rings. The lowest BCUT2D eigenvalue weighted by molar-refractivity contribution is -0.140. The highest BCUT2D eigenvalue weighted by Gasteiger charge is 2.32. The van der Waals surface area contributed by atoms with Crippen molar-refractivity contribution >= 4 is 37.0 Å². The number of benzene rings is 2. The van der Waals surface area contributed by atoms with E-state index in [0.29, 0.717) is 49.9 Å². The minimum atomic E-state index is -4.37. The van der Waals surface area contributed by atoms with Crippen LogP contribution in [0, 0.1) is 5.92 Å². The molecule has 2 unspecified atom stereocenters. The van der Waals surface area contributed by atoms with Crippen LogP contribution in [0.4, 0.5) is 18.9 Å². The maximum atomic E-state index is 13.0. The Labute approximate surface area is 260 Å². The van der Waals surface area contributed by atoms with Crippen LogP contribution in [0.3, 0.4) is 0 Å². The Hall–Kier alpha value is -4.46. The molecule has 3 rings (SSSR count). The molecule has 1 aliphatic heterocycles. The van der Waals surface area contributed by atoms with Gasteiger partial charge >= 0.3 is 12.1 Å². The van der Waals surface area contributed by atoms with Crippen LogP contribution in [-0.4, -0.2) is 81.4 Å². The van der Waals surface area contributed by atoms with Gasteiger partial charge in [0.1, 0.15) is 24.1 Å². The fourth-order valence-electron chi connectivity index (χ4n) is 4.61. The standard InChI is InChI=1S/C31H39F3N6O5/c1-35-23-9-12-25(28(41)40-27(29(42)43)22-13-14-37-19-22)26(17-23)45-16-6-4-3-5-15-44-24-10-7-21(8-11-24)18-38-30(36-2)39-20-31(32,33)34/h7-12,17,22,27,37H,1-6,13-16,18-20H2,(H,38,39)(H,40,41)(H,42,43). The summed E-state index contributed by atoms with van der Waals surface area (Å²) in [6.07, 6.45) is -0.428. The third-order valence-electron chi connectivity index (χ3n) is 7.01. The van der Waals surface area contributed by atoms with Crippen LogP contribution in [0.5, 0.6) is 11.5 Å². The van der Waals surface area contributed by atoms with Crippen molar-refractivity contribution in [1.29, 1.82) is 0 Å². The van der Waals surface area contributed by atoms with Crippen LogP contribution >= 0.6 is 0 Å². The molecule has 2 atom stereocenters. The van der Waals surface area contributed by atoms with Gasteiger partial charge in [0, 0.05) is 18.5 Å². The summed E-state index contributed by atoms with van der Waals surface area (Å²) in [4.78, 5) is 36.2. The van der Waals surface area contributed by atoms with Gasteiger partial charge in [-0.2, -0.15) is 13.2 Å². The number of carbonyl (C=O) groups is 2. The first-order chi connectivity index (χ1) is 21.6. The number of carboxylic acid groups (broad SMARTS) is 1. The number of alkyl halides is 3. The molecule has 244 valence electrons. The Bertz CT molecular complexity index is 1310. The quantitative estimate of drug-likeness (QED) is 0.114. The lowest BCUT2D eigenvalue weighted by Crippen LogP contribution is -2.46. The van der Waals surface area contributed by atoms with Gasteiger partial charge in [0.2, 0.25) is 5.96 Å². The highest BCUT2D eigenvalue weighted by Crippen LogP contribution is 2.26. The van der Waals surface area contributed by atoms with Crippen molar-refractivity contribution in [2.75, 3.05) is 32.8 Å². The van der Waals surface area contributed by atoms with Gasteiger partial charge in [-0.25, -0.2) is 14.8 Å². The number of carbonyl (C=O) groups excluding carboxylic acids is 1. The number of halogens is 3. The third-order valence-corrected chi connectivity index (χ3v) is 7.01. The molecule has 1 heterocycles. The molecule has 2 aromatic carbocycles. The fraction of sp³-hybridized carbons (Fsp3) is 0.452. The number of ether oxygens (including phenoxy) is 2. The molecule has 4 N–H and O–H groups in total. The SMILES string of the molecule is C=NC(=NCc1ccc(OCCCCCCOc2cc(N=C)ccc2C(=O)NC(C(=O)O)C2CCNC2)cc1)NCC(F)(F)F. The van der Waals surface area contributed by atoms with Crippen LogP contribution in [-0.2, 0) is 11.3 Å². The van der Waals surface area contributed by atoms with Crippen LogP contribution in [0.25, 0.3) is 0 Å². The third kappa shape index (κ3) is 12.2. The molecule has 1 amide bonds. The van der Waals surface area contributed by atoms with E-state index in [1.807, 2.05) is 0 Å². The van der Waals surface area contributed by atoms with Crippen molar-refractivity contribution in [3.05, 3.63) is 53.6 Å². The Morgan fingerprint density at radius 3 is 2.36 bits per heavy atom. The maximum Gasteiger partial charge on any atom is 0.405 e. The Kier molecular flexibility index (Phi) is 13.8. The Morgan fingerprint density at radius 2 is 1.76 bits per heavy atom. The summed E-state index contributed by atoms with van der Waals surface area (Å²) in [6, 6.07) is 10.9. The van der Waals surface area contributed by atoms with Gasteiger partial charge in [0.15, 0.2) is 0 Å². The maximum absolute atomic E-state index is 13.0. The molecule has 0 spiro atoms. The van der Waals surface area contributed by atoms with E-state index in [2.05, 4.69) is 44.4 Å². The number of guanidine groups is 1. The number of unbranched alkanes of at least 4 members (excludes halogenated alkanes) is 3. The van der Waals surface area contributed by atoms with Gasteiger partial charge in [-0.15, -0.1) is 0 Å². The van der Waals surface area contributed by atoms with Crippen LogP contribution in [0.2, 0.25) is 0 Å². The van der Waals surface area contributed by atoms with Gasteiger partial charge in [0.25, 0.3) is 5.91 Å². The van der Waals surface area contributed by atoms with E-state index in [-0.39, 0.29) is 24.0 Å². The molecule has 0 bridgehead atoms. The lowest BCUT2D eigenvalue weighted by Gasteiger charge is -2.21. The normalized spacial score (nSPS) is 15.6. The zero-order valence-corrected chi connectivity index (χ0v) is 24.9. The van der Waals surface area contributed by atoms with Crippen molar-refractivity contribution in [3.8, 4) is 11.5 Å².